The summed E-state index contributed by atoms with van der Waals surface area (Å²) in [6.45, 7) is 3.22. The van der Waals surface area contributed by atoms with E-state index in [1.807, 2.05) is 23.1 Å². The summed E-state index contributed by atoms with van der Waals surface area (Å²) < 4.78 is 15.0. The van der Waals surface area contributed by atoms with Crippen LogP contribution in [0.25, 0.3) is 0 Å². The molecule has 7 aliphatic rings. The molecule has 0 radical (unpaired) electrons. The van der Waals surface area contributed by atoms with Crippen LogP contribution in [0.1, 0.15) is 120 Å². The molecule has 310 valence electrons. The fraction of sp³-hybridized carbons (Fsp3) is 0.698. The standard InChI is InChI=1S/C43H60N6O7S/c50-38-36-25-32(56-42(54)48-24-21-29-13-7-10-17-34(29)37(48)28-47-22-11-4-12-23-47)27-49(36)39(51)35(44-41(53)55-31-15-8-9-16-31)18-6-3-1-2-5-14-30-26-43(30,45-38)40(52)46-57-33-19-20-33/h5,7,10,13-14,17,30-33,35-37H,1-4,6,8-9,11-12,15-16,18-28H2,(H,44,53)(H,45,50)(H,46,52)/b14-5-/t30-,32-,35+,36+,37-,43-/m1/s1. The zero-order valence-electron chi connectivity index (χ0n) is 33.2. The molecule has 1 aromatic carbocycles. The minimum Gasteiger partial charge on any atom is -0.446 e. The highest BCUT2D eigenvalue weighted by Gasteiger charge is 2.61. The molecule has 5 fully saturated rings. The number of amides is 5. The Labute approximate surface area is 340 Å². The van der Waals surface area contributed by atoms with Crippen LogP contribution in [0.2, 0.25) is 0 Å². The van der Waals surface area contributed by atoms with Crippen LogP contribution in [0.15, 0.2) is 36.4 Å². The maximum absolute atomic E-state index is 14.6. The predicted octanol–water partition coefficient (Wildman–Crippen LogP) is 5.54. The highest BCUT2D eigenvalue weighted by atomic mass is 32.2. The fourth-order valence-electron chi connectivity index (χ4n) is 9.58. The van der Waals surface area contributed by atoms with E-state index in [4.69, 9.17) is 9.47 Å². The number of piperidine rings is 1. The van der Waals surface area contributed by atoms with E-state index in [1.54, 1.807) is 0 Å². The van der Waals surface area contributed by atoms with Crippen molar-refractivity contribution < 1.29 is 33.4 Å². The minimum absolute atomic E-state index is 0.000207. The Morgan fingerprint density at radius 2 is 1.65 bits per heavy atom. The summed E-state index contributed by atoms with van der Waals surface area (Å²) in [4.78, 5) is 76.1. The van der Waals surface area contributed by atoms with Gasteiger partial charge in [-0.15, -0.1) is 0 Å². The van der Waals surface area contributed by atoms with Crippen molar-refractivity contribution in [1.82, 2.24) is 30.1 Å². The van der Waals surface area contributed by atoms with Gasteiger partial charge in [-0.1, -0.05) is 55.7 Å². The maximum Gasteiger partial charge on any atom is 0.410 e. The van der Waals surface area contributed by atoms with Crippen molar-refractivity contribution in [3.8, 4) is 0 Å². The molecule has 8 rings (SSSR count). The average molecular weight is 805 g/mol. The van der Waals surface area contributed by atoms with Gasteiger partial charge in [-0.2, -0.15) is 0 Å². The number of ether oxygens (including phenoxy) is 2. The number of allylic oxidation sites excluding steroid dienone is 1. The molecule has 3 aliphatic carbocycles. The summed E-state index contributed by atoms with van der Waals surface area (Å²) in [7, 11) is 0. The Morgan fingerprint density at radius 1 is 0.877 bits per heavy atom. The number of likely N-dealkylation sites (tertiary alicyclic amines) is 1. The number of alkyl carbamates (subject to hydrolysis) is 1. The fourth-order valence-corrected chi connectivity index (χ4v) is 10.4. The second kappa shape index (κ2) is 18.0. The molecule has 3 N–H and O–H groups in total. The second-order valence-corrected chi connectivity index (χ2v) is 18.5. The average Bonchev–Trinajstić information content (AvgIpc) is 4.06. The molecule has 1 aromatic rings. The first-order valence-electron chi connectivity index (χ1n) is 21.8. The van der Waals surface area contributed by atoms with Gasteiger partial charge in [0.1, 0.15) is 29.8 Å². The summed E-state index contributed by atoms with van der Waals surface area (Å²) in [5.41, 5.74) is 1.25. The Hall–Kier alpha value is -3.78. The van der Waals surface area contributed by atoms with Crippen molar-refractivity contribution in [3.63, 3.8) is 0 Å². The van der Waals surface area contributed by atoms with Crippen molar-refractivity contribution in [1.29, 1.82) is 0 Å². The van der Waals surface area contributed by atoms with Gasteiger partial charge in [-0.25, -0.2) is 9.59 Å². The topological polar surface area (TPSA) is 150 Å². The molecule has 0 bridgehead atoms. The van der Waals surface area contributed by atoms with Gasteiger partial charge in [0.15, 0.2) is 0 Å². The smallest absolute Gasteiger partial charge is 0.410 e. The Bertz CT molecular complexity index is 1680. The molecule has 0 aromatic heterocycles. The van der Waals surface area contributed by atoms with E-state index >= 15 is 0 Å². The third-order valence-electron chi connectivity index (χ3n) is 13.1. The van der Waals surface area contributed by atoms with E-state index < -0.39 is 47.7 Å². The lowest BCUT2D eigenvalue weighted by molar-refractivity contribution is -0.141. The molecular weight excluding hydrogens is 745 g/mol. The zero-order chi connectivity index (χ0) is 39.4. The lowest BCUT2D eigenvalue weighted by Crippen LogP contribution is -2.57. The number of nitrogens with zero attached hydrogens (tertiary/aromatic N) is 3. The van der Waals surface area contributed by atoms with Crippen LogP contribution >= 0.6 is 11.9 Å². The quantitative estimate of drug-likeness (QED) is 0.228. The zero-order valence-corrected chi connectivity index (χ0v) is 34.0. The van der Waals surface area contributed by atoms with Gasteiger partial charge in [-0.05, 0) is 120 Å². The van der Waals surface area contributed by atoms with Crippen LogP contribution in [0.3, 0.4) is 0 Å². The number of rotatable bonds is 8. The summed E-state index contributed by atoms with van der Waals surface area (Å²) in [6.07, 6.45) is 16.2. The summed E-state index contributed by atoms with van der Waals surface area (Å²) in [5.74, 6) is -1.26. The van der Waals surface area contributed by atoms with Crippen LogP contribution in [0.4, 0.5) is 9.59 Å². The van der Waals surface area contributed by atoms with Gasteiger partial charge in [0.2, 0.25) is 11.8 Å². The van der Waals surface area contributed by atoms with E-state index in [0.29, 0.717) is 37.5 Å². The largest absolute Gasteiger partial charge is 0.446 e. The molecule has 0 spiro atoms. The lowest BCUT2D eigenvalue weighted by atomic mass is 9.92. The summed E-state index contributed by atoms with van der Waals surface area (Å²) in [5, 5.41) is 6.36. The Kier molecular flexibility index (Phi) is 12.6. The first-order valence-corrected chi connectivity index (χ1v) is 22.6. The van der Waals surface area contributed by atoms with Crippen LogP contribution in [0, 0.1) is 5.92 Å². The second-order valence-electron chi connectivity index (χ2n) is 17.4. The molecule has 14 heteroatoms. The molecule has 2 saturated heterocycles. The number of nitrogens with one attached hydrogen (secondary N) is 3. The molecule has 3 saturated carbocycles. The van der Waals surface area contributed by atoms with Gasteiger partial charge in [0.05, 0.1) is 12.6 Å². The number of carbonyl (C=O) groups is 5. The SMILES string of the molecule is O=C(N[C@H]1CCCCC/C=C\[C@@H]2C[C@@]2(C(=O)NSC2CC2)NC(=O)[C@@H]2C[C@@H](OC(=O)N3CCc4ccccc4[C@H]3CN3CCCCC3)CN2C1=O)OC1CCCC1. The third kappa shape index (κ3) is 9.58. The van der Waals surface area contributed by atoms with E-state index in [-0.39, 0.29) is 36.9 Å². The number of benzene rings is 1. The van der Waals surface area contributed by atoms with Gasteiger partial charge >= 0.3 is 12.2 Å². The van der Waals surface area contributed by atoms with E-state index in [0.717, 1.165) is 95.8 Å². The monoisotopic (exact) mass is 804 g/mol. The first-order chi connectivity index (χ1) is 27.8. The Balaban J connectivity index is 1.03. The van der Waals surface area contributed by atoms with Crippen LogP contribution in [0.5, 0.6) is 0 Å². The number of fused-ring (bicyclic) bond motifs is 3. The van der Waals surface area contributed by atoms with Gasteiger partial charge in [0.25, 0.3) is 5.91 Å². The summed E-state index contributed by atoms with van der Waals surface area (Å²) in [6, 6.07) is 6.21. The Morgan fingerprint density at radius 3 is 2.46 bits per heavy atom. The van der Waals surface area contributed by atoms with Crippen molar-refractivity contribution in [2.24, 2.45) is 5.92 Å². The number of carbonyl (C=O) groups excluding carboxylic acids is 5. The minimum atomic E-state index is -1.12. The molecule has 4 heterocycles. The normalized spacial score (nSPS) is 31.8. The third-order valence-corrected chi connectivity index (χ3v) is 14.3. The molecular formula is C43H60N6O7S. The van der Waals surface area contributed by atoms with Crippen LogP contribution in [-0.4, -0.2) is 112 Å². The van der Waals surface area contributed by atoms with Gasteiger partial charge in [0, 0.05) is 30.7 Å². The van der Waals surface area contributed by atoms with Crippen molar-refractivity contribution in [2.45, 2.75) is 150 Å². The highest BCUT2D eigenvalue weighted by molar-refractivity contribution is 7.98. The molecule has 4 aliphatic heterocycles. The van der Waals surface area contributed by atoms with Gasteiger partial charge < -0.3 is 29.9 Å². The number of hydrogen-bond donors (Lipinski definition) is 3. The van der Waals surface area contributed by atoms with E-state index in [2.05, 4.69) is 38.5 Å². The molecule has 6 atom stereocenters. The lowest BCUT2D eigenvalue weighted by Gasteiger charge is -2.40. The molecule has 57 heavy (non-hydrogen) atoms. The highest BCUT2D eigenvalue weighted by Crippen LogP contribution is 2.46. The molecule has 5 amide bonds. The predicted molar refractivity (Wildman–Crippen MR) is 216 cm³/mol. The van der Waals surface area contributed by atoms with Gasteiger partial charge in [-0.3, -0.25) is 24.0 Å². The van der Waals surface area contributed by atoms with E-state index in [9.17, 15) is 24.0 Å². The van der Waals surface area contributed by atoms with Crippen LogP contribution < -0.4 is 15.4 Å². The molecule has 13 nitrogen and oxygen atoms in total. The summed E-state index contributed by atoms with van der Waals surface area (Å²) >= 11 is 1.42. The van der Waals surface area contributed by atoms with E-state index in [1.165, 1.54) is 28.8 Å². The van der Waals surface area contributed by atoms with Crippen molar-refractivity contribution in [3.05, 3.63) is 47.5 Å². The maximum atomic E-state index is 14.6. The molecule has 0 unspecified atom stereocenters. The number of hydrogen-bond acceptors (Lipinski definition) is 9. The van der Waals surface area contributed by atoms with Crippen molar-refractivity contribution in [2.75, 3.05) is 32.7 Å². The first kappa shape index (κ1) is 40.0. The van der Waals surface area contributed by atoms with Crippen LogP contribution in [-0.2, 0) is 30.3 Å². The van der Waals surface area contributed by atoms with Crippen molar-refractivity contribution >= 4 is 41.9 Å².